The van der Waals surface area contributed by atoms with E-state index in [4.69, 9.17) is 24.2 Å². The third kappa shape index (κ3) is 4.37. The van der Waals surface area contributed by atoms with E-state index in [1.54, 1.807) is 33.5 Å². The van der Waals surface area contributed by atoms with Crippen LogP contribution in [-0.4, -0.2) is 68.3 Å². The molecule has 9 heteroatoms. The maximum absolute atomic E-state index is 13.5. The highest BCUT2D eigenvalue weighted by Gasteiger charge is 2.33. The van der Waals surface area contributed by atoms with Crippen molar-refractivity contribution in [3.63, 3.8) is 0 Å². The van der Waals surface area contributed by atoms with Crippen molar-refractivity contribution in [1.29, 1.82) is 0 Å². The average Bonchev–Trinajstić information content (AvgIpc) is 3.72. The number of hydrogen-bond donors (Lipinski definition) is 0. The summed E-state index contributed by atoms with van der Waals surface area (Å²) < 4.78 is 16.3. The van der Waals surface area contributed by atoms with Gasteiger partial charge in [-0.05, 0) is 55.7 Å². The van der Waals surface area contributed by atoms with Gasteiger partial charge in [0.2, 0.25) is 5.75 Å². The molecule has 1 saturated carbocycles. The lowest BCUT2D eigenvalue weighted by molar-refractivity contribution is 0.0745. The van der Waals surface area contributed by atoms with Gasteiger partial charge in [0.05, 0.1) is 26.7 Å². The smallest absolute Gasteiger partial charge is 0.254 e. The zero-order valence-corrected chi connectivity index (χ0v) is 22.8. The number of thiophene rings is 1. The summed E-state index contributed by atoms with van der Waals surface area (Å²) in [5, 5.41) is 1.26. The summed E-state index contributed by atoms with van der Waals surface area (Å²) in [5.41, 5.74) is 2.00. The first-order chi connectivity index (χ1) is 18.0. The zero-order valence-electron chi connectivity index (χ0n) is 22.0. The van der Waals surface area contributed by atoms with Crippen molar-refractivity contribution in [2.75, 3.05) is 52.4 Å². The van der Waals surface area contributed by atoms with Crippen molar-refractivity contribution in [2.24, 2.45) is 5.92 Å². The molecule has 2 aliphatic carbocycles. The number of aromatic nitrogens is 2. The van der Waals surface area contributed by atoms with E-state index in [9.17, 15) is 4.79 Å². The minimum absolute atomic E-state index is 0.0349. The molecule has 6 rings (SSSR count). The van der Waals surface area contributed by atoms with E-state index in [-0.39, 0.29) is 5.91 Å². The van der Waals surface area contributed by atoms with E-state index >= 15 is 0 Å². The van der Waals surface area contributed by atoms with E-state index in [1.807, 2.05) is 16.2 Å². The Labute approximate surface area is 221 Å². The molecule has 1 saturated heterocycles. The van der Waals surface area contributed by atoms with Crippen molar-refractivity contribution in [3.8, 4) is 17.2 Å². The molecular formula is C28H34N4O4S. The van der Waals surface area contributed by atoms with Crippen LogP contribution < -0.4 is 19.1 Å². The molecule has 0 radical (unpaired) electrons. The highest BCUT2D eigenvalue weighted by Crippen LogP contribution is 2.45. The maximum Gasteiger partial charge on any atom is 0.254 e. The molecule has 196 valence electrons. The Morgan fingerprint density at radius 3 is 2.30 bits per heavy atom. The number of fused-ring (bicyclic) bond motifs is 3. The Morgan fingerprint density at radius 2 is 1.68 bits per heavy atom. The first kappa shape index (κ1) is 24.3. The fourth-order valence-electron chi connectivity index (χ4n) is 5.60. The van der Waals surface area contributed by atoms with Gasteiger partial charge in [-0.25, -0.2) is 9.97 Å². The molecule has 0 spiro atoms. The van der Waals surface area contributed by atoms with Gasteiger partial charge in [0, 0.05) is 42.5 Å². The summed E-state index contributed by atoms with van der Waals surface area (Å²) >= 11 is 1.88. The number of aryl methyl sites for hydroxylation is 1. The first-order valence-electron chi connectivity index (χ1n) is 13.2. The van der Waals surface area contributed by atoms with Crippen molar-refractivity contribution in [3.05, 3.63) is 34.0 Å². The van der Waals surface area contributed by atoms with Crippen LogP contribution in [0, 0.1) is 5.92 Å². The molecule has 3 heterocycles. The normalized spacial score (nSPS) is 19.6. The number of rotatable bonds is 6. The molecule has 3 aromatic rings. The summed E-state index contributed by atoms with van der Waals surface area (Å²) in [7, 11) is 4.68. The minimum Gasteiger partial charge on any atom is -0.493 e. The number of piperazine rings is 1. The van der Waals surface area contributed by atoms with Crippen LogP contribution in [0.5, 0.6) is 17.2 Å². The van der Waals surface area contributed by atoms with E-state index in [0.717, 1.165) is 48.3 Å². The molecule has 0 bridgehead atoms. The molecule has 1 amide bonds. The Hall–Kier alpha value is -3.07. The lowest BCUT2D eigenvalue weighted by Crippen LogP contribution is -2.49. The second kappa shape index (κ2) is 9.67. The minimum atomic E-state index is -0.0349. The molecule has 2 fully saturated rings. The van der Waals surface area contributed by atoms with Crippen molar-refractivity contribution in [2.45, 2.75) is 44.9 Å². The third-order valence-electron chi connectivity index (χ3n) is 7.87. The largest absolute Gasteiger partial charge is 0.493 e. The lowest BCUT2D eigenvalue weighted by Gasteiger charge is -2.36. The molecule has 2 aromatic heterocycles. The van der Waals surface area contributed by atoms with Gasteiger partial charge in [0.25, 0.3) is 5.91 Å². The van der Waals surface area contributed by atoms with Gasteiger partial charge in [-0.2, -0.15) is 0 Å². The standard InChI is InChI=1S/C28H34N4O4S/c1-16-5-8-19-22(13-16)37-27-23(19)26(29-25(30-27)17-6-7-17)31-9-11-32(12-10-31)28(33)18-14-20(34-2)24(36-4)21(15-18)35-3/h14-17H,5-13H2,1-4H3. The SMILES string of the molecule is COc1cc(C(=O)N2CCN(c3nc(C4CC4)nc4sc5c(c34)CCC(C)C5)CC2)cc(OC)c1OC. The Balaban J connectivity index is 1.26. The van der Waals surface area contributed by atoms with Crippen molar-refractivity contribution >= 4 is 33.3 Å². The Kier molecular flexibility index (Phi) is 6.34. The van der Waals surface area contributed by atoms with E-state index in [2.05, 4.69) is 11.8 Å². The summed E-state index contributed by atoms with van der Waals surface area (Å²) in [6.45, 7) is 5.09. The van der Waals surface area contributed by atoms with Gasteiger partial charge in [0.1, 0.15) is 16.5 Å². The van der Waals surface area contributed by atoms with Crippen LogP contribution in [0.1, 0.15) is 58.7 Å². The number of benzene rings is 1. The van der Waals surface area contributed by atoms with Gasteiger partial charge in [-0.3, -0.25) is 4.79 Å². The lowest BCUT2D eigenvalue weighted by atomic mass is 9.89. The maximum atomic E-state index is 13.5. The second-order valence-electron chi connectivity index (χ2n) is 10.4. The molecule has 3 aliphatic rings. The third-order valence-corrected chi connectivity index (χ3v) is 9.02. The predicted molar refractivity (Wildman–Crippen MR) is 145 cm³/mol. The monoisotopic (exact) mass is 522 g/mol. The van der Waals surface area contributed by atoms with Crippen LogP contribution in [0.25, 0.3) is 10.2 Å². The molecule has 1 aliphatic heterocycles. The first-order valence-corrected chi connectivity index (χ1v) is 14.0. The van der Waals surface area contributed by atoms with Crippen LogP contribution >= 0.6 is 11.3 Å². The highest BCUT2D eigenvalue weighted by molar-refractivity contribution is 7.19. The molecule has 37 heavy (non-hydrogen) atoms. The molecule has 0 N–H and O–H groups in total. The summed E-state index contributed by atoms with van der Waals surface area (Å²) in [6, 6.07) is 3.45. The van der Waals surface area contributed by atoms with E-state index in [1.165, 1.54) is 35.1 Å². The van der Waals surface area contributed by atoms with Gasteiger partial charge in [-0.1, -0.05) is 6.92 Å². The van der Waals surface area contributed by atoms with Crippen molar-refractivity contribution in [1.82, 2.24) is 14.9 Å². The number of methoxy groups -OCH3 is 3. The van der Waals surface area contributed by atoms with E-state index in [0.29, 0.717) is 41.8 Å². The summed E-state index contributed by atoms with van der Waals surface area (Å²) in [6.07, 6.45) is 5.84. The number of amides is 1. The van der Waals surface area contributed by atoms with E-state index < -0.39 is 0 Å². The van der Waals surface area contributed by atoms with Crippen LogP contribution in [0.3, 0.4) is 0 Å². The fraction of sp³-hybridized carbons (Fsp3) is 0.536. The van der Waals surface area contributed by atoms with Crippen LogP contribution in [0.2, 0.25) is 0 Å². The molecule has 8 nitrogen and oxygen atoms in total. The number of ether oxygens (including phenoxy) is 3. The highest BCUT2D eigenvalue weighted by atomic mass is 32.1. The van der Waals surface area contributed by atoms with Crippen molar-refractivity contribution < 1.29 is 19.0 Å². The Morgan fingerprint density at radius 1 is 0.973 bits per heavy atom. The quantitative estimate of drug-likeness (QED) is 0.465. The zero-order chi connectivity index (χ0) is 25.7. The number of carbonyl (C=O) groups is 1. The van der Waals surface area contributed by atoms with Gasteiger partial charge in [-0.15, -0.1) is 11.3 Å². The topological polar surface area (TPSA) is 77.0 Å². The fourth-order valence-corrected chi connectivity index (χ4v) is 6.98. The Bertz CT molecular complexity index is 1320. The molecular weight excluding hydrogens is 488 g/mol. The van der Waals surface area contributed by atoms with Crippen LogP contribution in [-0.2, 0) is 12.8 Å². The number of nitrogens with zero attached hydrogens (tertiary/aromatic N) is 4. The molecule has 1 atom stereocenters. The number of carbonyl (C=O) groups excluding carboxylic acids is 1. The predicted octanol–water partition coefficient (Wildman–Crippen LogP) is 4.68. The summed E-state index contributed by atoms with van der Waals surface area (Å²) in [4.78, 5) is 30.6. The second-order valence-corrected chi connectivity index (χ2v) is 11.5. The summed E-state index contributed by atoms with van der Waals surface area (Å²) in [5.74, 6) is 4.73. The van der Waals surface area contributed by atoms with Gasteiger partial charge < -0.3 is 24.0 Å². The average molecular weight is 523 g/mol. The van der Waals surface area contributed by atoms with Gasteiger partial charge >= 0.3 is 0 Å². The molecule has 1 aromatic carbocycles. The number of anilines is 1. The number of hydrogen-bond acceptors (Lipinski definition) is 8. The van der Waals surface area contributed by atoms with Gasteiger partial charge in [0.15, 0.2) is 11.5 Å². The van der Waals surface area contributed by atoms with Crippen LogP contribution in [0.4, 0.5) is 5.82 Å². The van der Waals surface area contributed by atoms with Crippen LogP contribution in [0.15, 0.2) is 12.1 Å². The molecule has 1 unspecified atom stereocenters.